The van der Waals surface area contributed by atoms with Gasteiger partial charge in [0.25, 0.3) is 0 Å². The van der Waals surface area contributed by atoms with Crippen molar-refractivity contribution < 1.29 is 24.2 Å². The van der Waals surface area contributed by atoms with Gasteiger partial charge in [-0.1, -0.05) is 12.1 Å². The lowest BCUT2D eigenvalue weighted by Gasteiger charge is -1.97. The highest BCUT2D eigenvalue weighted by atomic mass is 32.1. The number of halogens is 1. The highest BCUT2D eigenvalue weighted by Gasteiger charge is 2.13. The summed E-state index contributed by atoms with van der Waals surface area (Å²) >= 11 is 1.23. The number of ketones is 1. The van der Waals surface area contributed by atoms with Crippen LogP contribution in [0.3, 0.4) is 0 Å². The van der Waals surface area contributed by atoms with Crippen molar-refractivity contribution in [1.29, 1.82) is 0 Å². The van der Waals surface area contributed by atoms with Crippen molar-refractivity contribution in [2.45, 2.75) is 6.42 Å². The predicted octanol–water partition coefficient (Wildman–Crippen LogP) is 2.58. The van der Waals surface area contributed by atoms with Crippen LogP contribution in [0.15, 0.2) is 41.5 Å². The van der Waals surface area contributed by atoms with Crippen LogP contribution < -0.4 is 0 Å². The number of aliphatic hydroxyl groups is 1. The maximum atomic E-state index is 12.8. The molecule has 0 atom stereocenters. The van der Waals surface area contributed by atoms with Crippen molar-refractivity contribution in [2.75, 3.05) is 0 Å². The second-order valence-corrected chi connectivity index (χ2v) is 5.07. The molecule has 2 rings (SSSR count). The number of aromatic nitrogens is 1. The van der Waals surface area contributed by atoms with Crippen molar-refractivity contribution in [3.05, 3.63) is 63.6 Å². The summed E-state index contributed by atoms with van der Waals surface area (Å²) in [7, 11) is 0. The van der Waals surface area contributed by atoms with Gasteiger partial charge >= 0.3 is 5.97 Å². The Balaban J connectivity index is 2.11. The quantitative estimate of drug-likeness (QED) is 0.503. The summed E-state index contributed by atoms with van der Waals surface area (Å²) in [5, 5.41) is 19.6. The topological polar surface area (TPSA) is 87.5 Å². The van der Waals surface area contributed by atoms with E-state index < -0.39 is 17.5 Å². The molecule has 0 radical (unpaired) electrons. The maximum Gasteiger partial charge on any atom is 0.371 e. The summed E-state index contributed by atoms with van der Waals surface area (Å²) in [5.74, 6) is -3.63. The first-order chi connectivity index (χ1) is 9.95. The van der Waals surface area contributed by atoms with E-state index in [4.69, 9.17) is 10.2 Å². The molecule has 0 unspecified atom stereocenters. The van der Waals surface area contributed by atoms with Gasteiger partial charge in [-0.25, -0.2) is 14.2 Å². The molecule has 7 heteroatoms. The Hall–Kier alpha value is -2.54. The number of aliphatic hydroxyl groups excluding tert-OH is 1. The number of allylic oxidation sites excluding steroid dienone is 1. The van der Waals surface area contributed by atoms with Crippen molar-refractivity contribution in [3.63, 3.8) is 0 Å². The molecule has 21 heavy (non-hydrogen) atoms. The molecule has 2 aromatic rings. The summed E-state index contributed by atoms with van der Waals surface area (Å²) in [4.78, 5) is 26.2. The Morgan fingerprint density at radius 3 is 2.52 bits per heavy atom. The van der Waals surface area contributed by atoms with Gasteiger partial charge in [0, 0.05) is 17.9 Å². The lowest BCUT2D eigenvalue weighted by Crippen LogP contribution is -2.04. The van der Waals surface area contributed by atoms with Gasteiger partial charge in [0.1, 0.15) is 11.5 Å². The van der Waals surface area contributed by atoms with Gasteiger partial charge in [0.15, 0.2) is 0 Å². The monoisotopic (exact) mass is 307 g/mol. The number of hydrogen-bond acceptors (Lipinski definition) is 5. The van der Waals surface area contributed by atoms with Gasteiger partial charge in [-0.3, -0.25) is 4.79 Å². The van der Waals surface area contributed by atoms with E-state index in [9.17, 15) is 14.0 Å². The number of carboxylic acids is 1. The lowest BCUT2D eigenvalue weighted by molar-refractivity contribution is -0.135. The fraction of sp³-hybridized carbons (Fsp3) is 0.0714. The second kappa shape index (κ2) is 6.27. The van der Waals surface area contributed by atoms with Crippen LogP contribution in [-0.4, -0.2) is 26.9 Å². The van der Waals surface area contributed by atoms with E-state index in [0.29, 0.717) is 17.5 Å². The standard InChI is InChI=1S/C14H10FNO4S/c15-9-3-1-8(2-4-9)5-13-16-10(7-21-13)11(17)6-12(18)14(19)20/h1-4,6-7,18H,5H2,(H,19,20). The lowest BCUT2D eigenvalue weighted by atomic mass is 10.1. The fourth-order valence-electron chi connectivity index (χ4n) is 1.54. The van der Waals surface area contributed by atoms with Crippen LogP contribution >= 0.6 is 11.3 Å². The smallest absolute Gasteiger partial charge is 0.371 e. The molecule has 0 bridgehead atoms. The minimum Gasteiger partial charge on any atom is -0.502 e. The van der Waals surface area contributed by atoms with Crippen LogP contribution in [0.4, 0.5) is 4.39 Å². The molecule has 0 aliphatic heterocycles. The maximum absolute atomic E-state index is 12.8. The number of carbonyl (C=O) groups excluding carboxylic acids is 1. The van der Waals surface area contributed by atoms with Crippen molar-refractivity contribution in [3.8, 4) is 0 Å². The number of carbonyl (C=O) groups is 2. The Morgan fingerprint density at radius 2 is 1.90 bits per heavy atom. The van der Waals surface area contributed by atoms with Gasteiger partial charge < -0.3 is 10.2 Å². The van der Waals surface area contributed by atoms with Gasteiger partial charge in [-0.2, -0.15) is 0 Å². The van der Waals surface area contributed by atoms with E-state index in [-0.39, 0.29) is 11.5 Å². The Kier molecular flexibility index (Phi) is 4.44. The molecule has 0 fully saturated rings. The summed E-state index contributed by atoms with van der Waals surface area (Å²) in [6.45, 7) is 0. The van der Waals surface area contributed by atoms with Gasteiger partial charge in [-0.05, 0) is 17.7 Å². The molecule has 1 aromatic carbocycles. The Bertz CT molecular complexity index is 706. The number of aliphatic carboxylic acids is 1. The van der Waals surface area contributed by atoms with Crippen LogP contribution in [0.1, 0.15) is 21.1 Å². The van der Waals surface area contributed by atoms with Crippen molar-refractivity contribution in [2.24, 2.45) is 0 Å². The van der Waals surface area contributed by atoms with E-state index in [0.717, 1.165) is 5.56 Å². The predicted molar refractivity (Wildman–Crippen MR) is 74.0 cm³/mol. The highest BCUT2D eigenvalue weighted by Crippen LogP contribution is 2.16. The highest BCUT2D eigenvalue weighted by molar-refractivity contribution is 7.09. The molecule has 2 N–H and O–H groups in total. The molecular formula is C14H10FNO4S. The summed E-state index contributed by atoms with van der Waals surface area (Å²) < 4.78 is 12.8. The molecule has 5 nitrogen and oxygen atoms in total. The minimum absolute atomic E-state index is 0.0601. The van der Waals surface area contributed by atoms with Crippen molar-refractivity contribution >= 4 is 23.1 Å². The van der Waals surface area contributed by atoms with Crippen LogP contribution in [0.25, 0.3) is 0 Å². The number of carboxylic acid groups (broad SMARTS) is 1. The molecule has 0 amide bonds. The average molecular weight is 307 g/mol. The minimum atomic E-state index is -1.58. The molecule has 0 aliphatic rings. The average Bonchev–Trinajstić information content (AvgIpc) is 2.90. The van der Waals surface area contributed by atoms with Crippen LogP contribution in [0.2, 0.25) is 0 Å². The largest absolute Gasteiger partial charge is 0.502 e. The molecule has 0 aliphatic carbocycles. The Labute approximate surface area is 123 Å². The van der Waals surface area contributed by atoms with Crippen molar-refractivity contribution in [1.82, 2.24) is 4.98 Å². The van der Waals surface area contributed by atoms with Crippen LogP contribution in [0.5, 0.6) is 0 Å². The number of hydrogen-bond donors (Lipinski definition) is 2. The van der Waals surface area contributed by atoms with E-state index in [1.165, 1.54) is 28.8 Å². The third kappa shape index (κ3) is 3.96. The first-order valence-electron chi connectivity index (χ1n) is 5.83. The van der Waals surface area contributed by atoms with E-state index in [1.54, 1.807) is 12.1 Å². The zero-order valence-corrected chi connectivity index (χ0v) is 11.4. The van der Waals surface area contributed by atoms with E-state index >= 15 is 0 Å². The zero-order chi connectivity index (χ0) is 15.4. The van der Waals surface area contributed by atoms with E-state index in [1.807, 2.05) is 0 Å². The zero-order valence-electron chi connectivity index (χ0n) is 10.6. The van der Waals surface area contributed by atoms with Gasteiger partial charge in [-0.15, -0.1) is 11.3 Å². The fourth-order valence-corrected chi connectivity index (χ4v) is 2.36. The first-order valence-corrected chi connectivity index (χ1v) is 6.71. The van der Waals surface area contributed by atoms with Gasteiger partial charge in [0.2, 0.25) is 11.5 Å². The molecule has 108 valence electrons. The molecule has 1 aromatic heterocycles. The summed E-state index contributed by atoms with van der Waals surface area (Å²) in [5.41, 5.74) is 0.901. The number of thiazole rings is 1. The van der Waals surface area contributed by atoms with E-state index in [2.05, 4.69) is 4.98 Å². The summed E-state index contributed by atoms with van der Waals surface area (Å²) in [6.07, 6.45) is 1.05. The summed E-state index contributed by atoms with van der Waals surface area (Å²) in [6, 6.07) is 5.91. The Morgan fingerprint density at radius 1 is 1.24 bits per heavy atom. The van der Waals surface area contributed by atoms with Crippen LogP contribution in [-0.2, 0) is 11.2 Å². The molecule has 0 saturated heterocycles. The van der Waals surface area contributed by atoms with Crippen LogP contribution in [0, 0.1) is 5.82 Å². The number of nitrogens with zero attached hydrogens (tertiary/aromatic N) is 1. The normalized spacial score (nSPS) is 11.4. The number of rotatable bonds is 5. The molecule has 0 spiro atoms. The first kappa shape index (κ1) is 14.9. The molecule has 0 saturated carbocycles. The SMILES string of the molecule is O=C(O)C(O)=CC(=O)c1csc(Cc2ccc(F)cc2)n1. The molecular weight excluding hydrogens is 297 g/mol. The molecule has 1 heterocycles. The third-order valence-corrected chi connectivity index (χ3v) is 3.41. The third-order valence-electron chi connectivity index (χ3n) is 2.56. The number of benzene rings is 1. The van der Waals surface area contributed by atoms with Gasteiger partial charge in [0.05, 0.1) is 5.01 Å². The second-order valence-electron chi connectivity index (χ2n) is 4.13.